The first kappa shape index (κ1) is 62.2. The molecule has 5 heterocycles. The average Bonchev–Trinajstić information content (AvgIpc) is 2.39. The van der Waals surface area contributed by atoms with Crippen LogP contribution in [0, 0.1) is 39.4 Å². The van der Waals surface area contributed by atoms with Gasteiger partial charge in [-0.05, 0) is 101 Å². The molecule has 0 radical (unpaired) electrons. The number of carbonyl (C=O) groups excluding carboxylic acids is 2. The Balaban J connectivity index is 0.892. The van der Waals surface area contributed by atoms with Gasteiger partial charge in [0.05, 0.1) is 44.1 Å². The molecule has 5 saturated heterocycles. The minimum atomic E-state index is -1.92. The molecule has 456 valence electrons. The Labute approximate surface area is 466 Å². The van der Waals surface area contributed by atoms with E-state index in [1.165, 1.54) is 21.0 Å². The molecular formula is C56H88O24. The van der Waals surface area contributed by atoms with Crippen LogP contribution in [-0.4, -0.2) is 236 Å². The van der Waals surface area contributed by atoms with Gasteiger partial charge in [0.25, 0.3) is 0 Å². The normalized spacial score (nSPS) is 51.7. The third kappa shape index (κ3) is 10.2. The van der Waals surface area contributed by atoms with Gasteiger partial charge in [-0.2, -0.15) is 0 Å². The van der Waals surface area contributed by atoms with Gasteiger partial charge in [0.15, 0.2) is 25.2 Å². The number of rotatable bonds is 15. The van der Waals surface area contributed by atoms with E-state index in [9.17, 15) is 65.8 Å². The highest BCUT2D eigenvalue weighted by atomic mass is 16.8. The lowest BCUT2D eigenvalue weighted by Crippen LogP contribution is -2.67. The number of carbonyl (C=O) groups is 2. The Morgan fingerprint density at radius 2 is 1.31 bits per heavy atom. The van der Waals surface area contributed by atoms with Crippen molar-refractivity contribution in [3.8, 4) is 0 Å². The van der Waals surface area contributed by atoms with Crippen molar-refractivity contribution in [1.82, 2.24) is 0 Å². The molecule has 29 atom stereocenters. The fraction of sp³-hybridized carbons (Fsp3) is 0.893. The van der Waals surface area contributed by atoms with Gasteiger partial charge in [0.1, 0.15) is 103 Å². The van der Waals surface area contributed by atoms with E-state index in [-0.39, 0.29) is 18.4 Å². The molecule has 0 aromatic carbocycles. The molecule has 24 heteroatoms. The zero-order valence-corrected chi connectivity index (χ0v) is 47.4. The van der Waals surface area contributed by atoms with E-state index in [1.54, 1.807) is 0 Å². The summed E-state index contributed by atoms with van der Waals surface area (Å²) < 4.78 is 65.9. The van der Waals surface area contributed by atoms with Gasteiger partial charge in [-0.3, -0.25) is 9.59 Å². The Morgan fingerprint density at radius 3 is 1.93 bits per heavy atom. The molecule has 0 bridgehead atoms. The molecule has 3 saturated carbocycles. The van der Waals surface area contributed by atoms with Crippen molar-refractivity contribution in [2.75, 3.05) is 26.9 Å². The van der Waals surface area contributed by atoms with Crippen LogP contribution in [0.3, 0.4) is 0 Å². The third-order valence-corrected chi connectivity index (χ3v) is 20.3. The number of hydrogen-bond acceptors (Lipinski definition) is 24. The minimum Gasteiger partial charge on any atom is -0.462 e. The number of ether oxygens (including phenoxy) is 11. The molecule has 5 aliphatic heterocycles. The summed E-state index contributed by atoms with van der Waals surface area (Å²) in [6, 6.07) is 0. The van der Waals surface area contributed by atoms with Gasteiger partial charge < -0.3 is 108 Å². The molecule has 0 unspecified atom stereocenters. The summed E-state index contributed by atoms with van der Waals surface area (Å²) in [5.41, 5.74) is -2.12. The van der Waals surface area contributed by atoms with Crippen LogP contribution in [0.1, 0.15) is 107 Å². The van der Waals surface area contributed by atoms with E-state index < -0.39 is 193 Å². The summed E-state index contributed by atoms with van der Waals surface area (Å²) in [4.78, 5) is 27.5. The second kappa shape index (κ2) is 23.1. The fourth-order valence-corrected chi connectivity index (χ4v) is 16.4. The van der Waals surface area contributed by atoms with Crippen LogP contribution < -0.4 is 0 Å². The molecule has 9 rings (SSSR count). The summed E-state index contributed by atoms with van der Waals surface area (Å²) in [7, 11) is 1.20. The van der Waals surface area contributed by atoms with Gasteiger partial charge in [-0.15, -0.1) is 0 Å². The SMILES string of the molecule is CO[C@@H]1[C@@H](O)[C@H](O[C@@H]2[C@@H](O)[C@H](O[C@H]3[C@H](O)[C@@H](O)[C@H](O[C@H]4[C@H](O[C@H]5CC[C@]6(C)C7=C[C@H](O)[C@]89C(=O)O[C@@](C)(CCC=C(C)C)[C@H]8[C@@H](OC(C)=O)C[C@@]9(C)[C@@H]7CC[C@H]6C5(C)C)OC[C@@H](O)[C@@H]4O)O[C@@H]3C)O[C@H](CO)[C@H]2O)O[C@H](CO)[C@H]1O. The van der Waals surface area contributed by atoms with Crippen LogP contribution in [0.4, 0.5) is 0 Å². The van der Waals surface area contributed by atoms with E-state index in [4.69, 9.17) is 52.1 Å². The van der Waals surface area contributed by atoms with Crippen molar-refractivity contribution in [2.45, 2.75) is 248 Å². The third-order valence-electron chi connectivity index (χ3n) is 20.3. The first-order chi connectivity index (χ1) is 37.5. The second-order valence-corrected chi connectivity index (χ2v) is 25.7. The van der Waals surface area contributed by atoms with Gasteiger partial charge in [0.2, 0.25) is 0 Å². The van der Waals surface area contributed by atoms with E-state index >= 15 is 0 Å². The summed E-state index contributed by atoms with van der Waals surface area (Å²) in [6.07, 6.45) is -24.6. The smallest absolute Gasteiger partial charge is 0.316 e. The lowest BCUT2D eigenvalue weighted by atomic mass is 9.40. The van der Waals surface area contributed by atoms with Crippen molar-refractivity contribution in [1.29, 1.82) is 0 Å². The highest BCUT2D eigenvalue weighted by Crippen LogP contribution is 2.76. The minimum absolute atomic E-state index is 0.0467. The first-order valence-electron chi connectivity index (χ1n) is 28.4. The van der Waals surface area contributed by atoms with E-state index in [0.717, 1.165) is 11.1 Å². The van der Waals surface area contributed by atoms with Gasteiger partial charge >= 0.3 is 11.9 Å². The Hall–Kier alpha value is -2.38. The zero-order chi connectivity index (χ0) is 58.5. The van der Waals surface area contributed by atoms with Gasteiger partial charge in [-0.1, -0.05) is 51.0 Å². The van der Waals surface area contributed by atoms with Crippen LogP contribution in [0.15, 0.2) is 23.3 Å². The molecule has 8 fully saturated rings. The largest absolute Gasteiger partial charge is 0.462 e. The number of esters is 2. The van der Waals surface area contributed by atoms with Crippen molar-refractivity contribution in [3.05, 3.63) is 23.3 Å². The molecule has 0 aromatic heterocycles. The molecule has 80 heavy (non-hydrogen) atoms. The number of fused-ring (bicyclic) bond motifs is 4. The monoisotopic (exact) mass is 1140 g/mol. The predicted octanol–water partition coefficient (Wildman–Crippen LogP) is -0.875. The summed E-state index contributed by atoms with van der Waals surface area (Å²) in [5.74, 6) is -1.72. The van der Waals surface area contributed by atoms with Crippen molar-refractivity contribution in [2.24, 2.45) is 39.4 Å². The van der Waals surface area contributed by atoms with Crippen LogP contribution in [0.2, 0.25) is 0 Å². The number of allylic oxidation sites excluding steroid dienone is 3. The number of cyclic esters (lactones) is 1. The number of hydrogen-bond donors (Lipinski definition) is 11. The van der Waals surface area contributed by atoms with E-state index in [2.05, 4.69) is 33.8 Å². The number of aliphatic hydroxyl groups is 11. The van der Waals surface area contributed by atoms with Crippen molar-refractivity contribution < 1.29 is 118 Å². The summed E-state index contributed by atoms with van der Waals surface area (Å²) >= 11 is 0. The van der Waals surface area contributed by atoms with E-state index in [0.29, 0.717) is 44.9 Å². The quantitative estimate of drug-likeness (QED) is 0.0539. The molecular weight excluding hydrogens is 1060 g/mol. The van der Waals surface area contributed by atoms with Gasteiger partial charge in [-0.25, -0.2) is 0 Å². The van der Waals surface area contributed by atoms with Gasteiger partial charge in [0, 0.05) is 14.0 Å². The molecule has 4 aliphatic carbocycles. The molecule has 24 nitrogen and oxygen atoms in total. The number of methoxy groups -OCH3 is 1. The molecule has 0 amide bonds. The maximum Gasteiger partial charge on any atom is 0.316 e. The molecule has 1 spiro atoms. The summed E-state index contributed by atoms with van der Waals surface area (Å²) in [5, 5.41) is 122. The highest BCUT2D eigenvalue weighted by Gasteiger charge is 2.82. The lowest BCUT2D eigenvalue weighted by molar-refractivity contribution is -0.389. The zero-order valence-electron chi connectivity index (χ0n) is 47.4. The molecule has 9 aliphatic rings. The topological polar surface area (TPSA) is 358 Å². The Morgan fingerprint density at radius 1 is 0.713 bits per heavy atom. The van der Waals surface area contributed by atoms with Crippen molar-refractivity contribution >= 4 is 11.9 Å². The maximum atomic E-state index is 14.7. The predicted molar refractivity (Wildman–Crippen MR) is 273 cm³/mol. The molecule has 11 N–H and O–H groups in total. The van der Waals surface area contributed by atoms with Crippen LogP contribution in [0.5, 0.6) is 0 Å². The Bertz CT molecular complexity index is 2280. The Kier molecular flexibility index (Phi) is 18.0. The fourth-order valence-electron chi connectivity index (χ4n) is 16.4. The highest BCUT2D eigenvalue weighted by molar-refractivity contribution is 5.85. The van der Waals surface area contributed by atoms with Crippen LogP contribution >= 0.6 is 0 Å². The van der Waals surface area contributed by atoms with Crippen LogP contribution in [-0.2, 0) is 61.7 Å². The molecule has 0 aromatic rings. The lowest BCUT2D eigenvalue weighted by Gasteiger charge is -2.64. The second-order valence-electron chi connectivity index (χ2n) is 25.7. The van der Waals surface area contributed by atoms with Crippen LogP contribution in [0.25, 0.3) is 0 Å². The standard InChI is InChI=1S/C56H88O24/c1-23(2)12-11-16-55(9)46-29(73-25(4)59)19-54(8)26-13-14-32-52(5,6)34(15-17-53(32,7)27(26)18-33(61)56(46,54)51(69)80-55)76-50-45(35(62)28(60)22-71-50)79-47-39(66)38(65)42(24(3)72-47)77-49-41(68)44(37(64)31(21-58)75-49)78-48-40(67)43(70-10)36(63)30(20-57)74-48/h12,18,24,26,28-50,57-58,60-68H,11,13-17,19-22H2,1-10H3/t24-,26-,28-,29+,30-,31-,32+,33+,34+,35+,36-,37-,38-,39-,40-,41-,42-,43+,44+,45-,46-,47+,48+,49+,50+,53-,54+,55+,56-/m1/s1. The number of aliphatic hydroxyl groups excluding tert-OH is 11. The average molecular weight is 1150 g/mol. The maximum absolute atomic E-state index is 14.7. The summed E-state index contributed by atoms with van der Waals surface area (Å²) in [6.45, 7) is 15.4. The first-order valence-corrected chi connectivity index (χ1v) is 28.4. The van der Waals surface area contributed by atoms with E-state index in [1.807, 2.05) is 26.8 Å². The van der Waals surface area contributed by atoms with Crippen molar-refractivity contribution in [3.63, 3.8) is 0 Å².